The van der Waals surface area contributed by atoms with Crippen LogP contribution >= 0.6 is 22.9 Å². The maximum Gasteiger partial charge on any atom is 0.338 e. The number of aliphatic imine (C=N–C) groups is 1. The van der Waals surface area contributed by atoms with E-state index in [1.165, 1.54) is 28.5 Å². The normalized spacial score (nSPS) is 25.9. The summed E-state index contributed by atoms with van der Waals surface area (Å²) < 4.78 is 62.2. The Kier molecular flexibility index (Phi) is 6.30. The number of alkyl halides is 2. The summed E-state index contributed by atoms with van der Waals surface area (Å²) in [6.45, 7) is -0.694. The minimum atomic E-state index is -3.07. The molecule has 8 nitrogen and oxygen atoms in total. The van der Waals surface area contributed by atoms with Gasteiger partial charge in [0.05, 0.1) is 36.9 Å². The van der Waals surface area contributed by atoms with Crippen molar-refractivity contribution in [1.82, 2.24) is 20.7 Å². The van der Waals surface area contributed by atoms with Crippen LogP contribution in [-0.2, 0) is 14.4 Å². The van der Waals surface area contributed by atoms with Crippen molar-refractivity contribution in [2.75, 3.05) is 26.8 Å². The summed E-state index contributed by atoms with van der Waals surface area (Å²) in [6, 6.07) is -0.993. The molecule has 3 aliphatic heterocycles. The Morgan fingerprint density at radius 3 is 2.91 bits per heavy atom. The number of nitrogens with zero attached hydrogens (tertiary/aromatic N) is 3. The van der Waals surface area contributed by atoms with Gasteiger partial charge in [-0.15, -0.1) is 11.3 Å². The molecule has 0 amide bonds. The average Bonchev–Trinajstić information content (AvgIpc) is 3.57. The summed E-state index contributed by atoms with van der Waals surface area (Å²) in [5.74, 6) is -6.15. The Balaban J connectivity index is 1.62. The van der Waals surface area contributed by atoms with Crippen LogP contribution < -0.4 is 10.8 Å². The van der Waals surface area contributed by atoms with Gasteiger partial charge in [0.15, 0.2) is 22.5 Å². The first-order valence-corrected chi connectivity index (χ1v) is 11.7. The topological polar surface area (TPSA) is 88.1 Å². The molecule has 0 radical (unpaired) electrons. The fourth-order valence-corrected chi connectivity index (χ4v) is 5.29. The summed E-state index contributed by atoms with van der Waals surface area (Å²) >= 11 is 7.36. The Bertz CT molecular complexity index is 1230. The lowest BCUT2D eigenvalue weighted by Gasteiger charge is -2.30. The van der Waals surface area contributed by atoms with Crippen LogP contribution in [0.1, 0.15) is 16.6 Å². The highest BCUT2D eigenvalue weighted by molar-refractivity contribution is 7.11. The molecule has 2 fully saturated rings. The molecule has 4 heterocycles. The molecule has 1 aromatic carbocycles. The number of likely N-dealkylation sites (tertiary alicyclic amines) is 1. The van der Waals surface area contributed by atoms with Crippen LogP contribution in [0.3, 0.4) is 0 Å². The number of methoxy groups -OCH3 is 1. The molecule has 0 saturated carbocycles. The number of aromatic nitrogens is 1. The third-order valence-corrected chi connectivity index (χ3v) is 7.24. The van der Waals surface area contributed by atoms with Crippen molar-refractivity contribution >= 4 is 34.7 Å². The largest absolute Gasteiger partial charge is 0.466 e. The van der Waals surface area contributed by atoms with Crippen LogP contribution in [0.5, 0.6) is 0 Å². The van der Waals surface area contributed by atoms with E-state index in [-0.39, 0.29) is 35.8 Å². The Morgan fingerprint density at radius 2 is 2.20 bits per heavy atom. The molecule has 186 valence electrons. The van der Waals surface area contributed by atoms with Crippen molar-refractivity contribution in [2.24, 2.45) is 4.99 Å². The van der Waals surface area contributed by atoms with E-state index in [0.29, 0.717) is 5.01 Å². The third-order valence-electron chi connectivity index (χ3n) is 6.07. The molecule has 0 aliphatic carbocycles. The van der Waals surface area contributed by atoms with Gasteiger partial charge in [0.25, 0.3) is 5.92 Å². The van der Waals surface area contributed by atoms with E-state index < -0.39 is 53.2 Å². The molecular weight excluding hydrogens is 514 g/mol. The zero-order valence-corrected chi connectivity index (χ0v) is 19.6. The second-order valence-electron chi connectivity index (χ2n) is 8.13. The Hall–Kier alpha value is -2.58. The van der Waals surface area contributed by atoms with Gasteiger partial charge in [-0.3, -0.25) is 14.7 Å². The van der Waals surface area contributed by atoms with Crippen molar-refractivity contribution in [3.8, 4) is 0 Å². The number of hydroxylamine groups is 1. The second-order valence-corrected chi connectivity index (χ2v) is 9.40. The maximum atomic E-state index is 14.6. The quantitative estimate of drug-likeness (QED) is 0.348. The minimum Gasteiger partial charge on any atom is -0.466 e. The number of thiazole rings is 1. The van der Waals surface area contributed by atoms with E-state index in [4.69, 9.17) is 21.2 Å². The first-order chi connectivity index (χ1) is 16.7. The van der Waals surface area contributed by atoms with Crippen molar-refractivity contribution in [3.05, 3.63) is 62.2 Å². The average molecular weight is 532 g/mol. The van der Waals surface area contributed by atoms with Gasteiger partial charge in [-0.25, -0.2) is 27.3 Å². The number of hydrogen-bond donors (Lipinski definition) is 2. The van der Waals surface area contributed by atoms with Crippen LogP contribution in [0.2, 0.25) is 5.02 Å². The Labute approximate surface area is 205 Å². The van der Waals surface area contributed by atoms with E-state index >= 15 is 0 Å². The zero-order chi connectivity index (χ0) is 24.9. The number of amidine groups is 1. The fourth-order valence-electron chi connectivity index (χ4n) is 4.44. The minimum absolute atomic E-state index is 0.00881. The van der Waals surface area contributed by atoms with Crippen LogP contribution in [0, 0.1) is 11.6 Å². The van der Waals surface area contributed by atoms with Crippen LogP contribution in [0.25, 0.3) is 0 Å². The molecule has 3 atom stereocenters. The van der Waals surface area contributed by atoms with Crippen molar-refractivity contribution < 1.29 is 31.9 Å². The smallest absolute Gasteiger partial charge is 0.338 e. The van der Waals surface area contributed by atoms with E-state index in [9.17, 15) is 22.4 Å². The number of hydrogen-bond acceptors (Lipinski definition) is 9. The number of rotatable bonds is 5. The van der Waals surface area contributed by atoms with Crippen LogP contribution in [0.15, 0.2) is 40.0 Å². The summed E-state index contributed by atoms with van der Waals surface area (Å²) in [7, 11) is 1.14. The number of nitrogens with one attached hydrogen (secondary N) is 2. The van der Waals surface area contributed by atoms with Crippen molar-refractivity contribution in [1.29, 1.82) is 0 Å². The molecule has 14 heteroatoms. The molecule has 0 bridgehead atoms. The molecule has 0 spiro atoms. The van der Waals surface area contributed by atoms with Crippen LogP contribution in [0.4, 0.5) is 17.6 Å². The number of fused-ring (bicyclic) bond motifs is 1. The van der Waals surface area contributed by atoms with Gasteiger partial charge in [0.2, 0.25) is 0 Å². The first-order valence-electron chi connectivity index (χ1n) is 10.4. The number of benzene rings is 1. The van der Waals surface area contributed by atoms with Gasteiger partial charge >= 0.3 is 5.97 Å². The third kappa shape index (κ3) is 4.20. The predicted molar refractivity (Wildman–Crippen MR) is 118 cm³/mol. The van der Waals surface area contributed by atoms with Gasteiger partial charge in [0, 0.05) is 29.4 Å². The predicted octanol–water partition coefficient (Wildman–Crippen LogP) is 2.82. The number of halogens is 5. The number of carbonyl (C=O) groups excluding carboxylic acids is 1. The highest BCUT2D eigenvalue weighted by atomic mass is 35.5. The van der Waals surface area contributed by atoms with Gasteiger partial charge in [-0.2, -0.15) is 5.48 Å². The highest BCUT2D eigenvalue weighted by Gasteiger charge is 2.57. The number of esters is 1. The van der Waals surface area contributed by atoms with Crippen LogP contribution in [-0.4, -0.2) is 66.5 Å². The molecule has 1 aromatic heterocycles. The number of carbonyl (C=O) groups is 1. The lowest BCUT2D eigenvalue weighted by molar-refractivity contribution is -0.136. The van der Waals surface area contributed by atoms with E-state index in [1.807, 2.05) is 0 Å². The molecular formula is C21H18ClF4N5O3S. The second kappa shape index (κ2) is 9.13. The maximum absolute atomic E-state index is 14.6. The molecule has 0 unspecified atom stereocenters. The summed E-state index contributed by atoms with van der Waals surface area (Å²) in [6.07, 6.45) is 1.54. The van der Waals surface area contributed by atoms with E-state index in [2.05, 4.69) is 20.8 Å². The summed E-state index contributed by atoms with van der Waals surface area (Å²) in [5.41, 5.74) is 2.50. The van der Waals surface area contributed by atoms with Crippen molar-refractivity contribution in [2.45, 2.75) is 24.0 Å². The van der Waals surface area contributed by atoms with Gasteiger partial charge < -0.3 is 10.1 Å². The van der Waals surface area contributed by atoms with Gasteiger partial charge in [-0.1, -0.05) is 17.7 Å². The lowest BCUT2D eigenvalue weighted by atomic mass is 9.95. The summed E-state index contributed by atoms with van der Waals surface area (Å²) in [4.78, 5) is 28.2. The molecule has 2 aromatic rings. The zero-order valence-electron chi connectivity index (χ0n) is 18.0. The first kappa shape index (κ1) is 24.1. The standard InChI is InChI=1S/C21H18ClF4N5O3S/c1-33-20(32)13-11(6-31-8-21(25,26)17-12(31)7-34-30-17)28-18(19-27-4-5-35-19)29-16(13)9-2-3-10(23)15(24)14(9)22/h2-5,12,16-17,30H,6-8H2,1H3,(H,28,29)/t12-,16-,17+/m0/s1. The fraction of sp³-hybridized carbons (Fsp3) is 0.381. The van der Waals surface area contributed by atoms with E-state index in [0.717, 1.165) is 13.2 Å². The molecule has 2 N–H and O–H groups in total. The monoisotopic (exact) mass is 531 g/mol. The molecule has 5 rings (SSSR count). The number of ether oxygens (including phenoxy) is 1. The molecule has 3 aliphatic rings. The SMILES string of the molecule is COC(=O)C1=C(CN2CC(F)(F)[C@@H]3NOC[C@@H]32)NC(c2nccs2)=N[C@H]1c1ccc(F)c(F)c1Cl. The summed E-state index contributed by atoms with van der Waals surface area (Å²) in [5, 5.41) is 4.60. The van der Waals surface area contributed by atoms with Gasteiger partial charge in [0.1, 0.15) is 12.1 Å². The highest BCUT2D eigenvalue weighted by Crippen LogP contribution is 2.40. The molecule has 2 saturated heterocycles. The lowest BCUT2D eigenvalue weighted by Crippen LogP contribution is -2.43. The van der Waals surface area contributed by atoms with Crippen molar-refractivity contribution in [3.63, 3.8) is 0 Å². The van der Waals surface area contributed by atoms with E-state index in [1.54, 1.807) is 5.38 Å². The molecule has 35 heavy (non-hydrogen) atoms. The van der Waals surface area contributed by atoms with Gasteiger partial charge in [-0.05, 0) is 6.07 Å². The Morgan fingerprint density at radius 1 is 1.40 bits per heavy atom.